The molecule has 1 saturated heterocycles. The van der Waals surface area contributed by atoms with Gasteiger partial charge in [-0.3, -0.25) is 5.43 Å². The SMILES string of the molecule is CC(CO)CNc1nc(NN)nc(N2CCCC2)n1. The van der Waals surface area contributed by atoms with Crippen molar-refractivity contribution in [3.63, 3.8) is 0 Å². The molecule has 0 spiro atoms. The van der Waals surface area contributed by atoms with Crippen molar-refractivity contribution >= 4 is 17.8 Å². The van der Waals surface area contributed by atoms with E-state index in [1.165, 1.54) is 0 Å². The van der Waals surface area contributed by atoms with Gasteiger partial charge in [0.25, 0.3) is 0 Å². The Kier molecular flexibility index (Phi) is 4.69. The van der Waals surface area contributed by atoms with Crippen LogP contribution in [0.3, 0.4) is 0 Å². The molecule has 5 N–H and O–H groups in total. The molecular weight excluding hydrogens is 246 g/mol. The predicted molar refractivity (Wildman–Crippen MR) is 73.8 cm³/mol. The Morgan fingerprint density at radius 2 is 1.95 bits per heavy atom. The van der Waals surface area contributed by atoms with Gasteiger partial charge in [-0.1, -0.05) is 6.92 Å². The first-order chi connectivity index (χ1) is 9.22. The molecule has 1 fully saturated rings. The van der Waals surface area contributed by atoms with Crippen LogP contribution in [0.2, 0.25) is 0 Å². The number of rotatable bonds is 6. The Morgan fingerprint density at radius 1 is 1.26 bits per heavy atom. The second-order valence-electron chi connectivity index (χ2n) is 4.79. The molecule has 1 aliphatic heterocycles. The second-order valence-corrected chi connectivity index (χ2v) is 4.79. The molecule has 8 nitrogen and oxygen atoms in total. The van der Waals surface area contributed by atoms with Gasteiger partial charge in [-0.25, -0.2) is 5.84 Å². The molecule has 106 valence electrons. The average Bonchev–Trinajstić information content (AvgIpc) is 2.98. The number of anilines is 3. The number of aromatic nitrogens is 3. The van der Waals surface area contributed by atoms with E-state index in [1.807, 2.05) is 6.92 Å². The van der Waals surface area contributed by atoms with E-state index < -0.39 is 0 Å². The van der Waals surface area contributed by atoms with Crippen molar-refractivity contribution in [2.24, 2.45) is 11.8 Å². The minimum Gasteiger partial charge on any atom is -0.396 e. The van der Waals surface area contributed by atoms with Crippen molar-refractivity contribution < 1.29 is 5.11 Å². The Labute approximate surface area is 112 Å². The summed E-state index contributed by atoms with van der Waals surface area (Å²) < 4.78 is 0. The maximum absolute atomic E-state index is 9.01. The first-order valence-corrected chi connectivity index (χ1v) is 6.55. The Hall–Kier alpha value is -1.67. The molecule has 0 aromatic carbocycles. The molecule has 19 heavy (non-hydrogen) atoms. The molecular formula is C11H21N7O. The molecule has 0 aliphatic carbocycles. The number of nitrogens with two attached hydrogens (primary N) is 1. The third-order valence-corrected chi connectivity index (χ3v) is 3.06. The minimum atomic E-state index is 0.124. The van der Waals surface area contributed by atoms with Crippen LogP contribution in [-0.4, -0.2) is 46.3 Å². The van der Waals surface area contributed by atoms with E-state index in [2.05, 4.69) is 30.6 Å². The van der Waals surface area contributed by atoms with Gasteiger partial charge < -0.3 is 15.3 Å². The molecule has 2 rings (SSSR count). The van der Waals surface area contributed by atoms with Crippen LogP contribution in [0.4, 0.5) is 17.8 Å². The van der Waals surface area contributed by atoms with E-state index in [9.17, 15) is 0 Å². The lowest BCUT2D eigenvalue weighted by Crippen LogP contribution is -2.24. The third kappa shape index (κ3) is 3.65. The highest BCUT2D eigenvalue weighted by atomic mass is 16.3. The molecule has 0 amide bonds. The van der Waals surface area contributed by atoms with Gasteiger partial charge in [0.15, 0.2) is 0 Å². The van der Waals surface area contributed by atoms with Crippen LogP contribution in [0.5, 0.6) is 0 Å². The van der Waals surface area contributed by atoms with E-state index in [0.717, 1.165) is 25.9 Å². The Balaban J connectivity index is 2.11. The summed E-state index contributed by atoms with van der Waals surface area (Å²) in [5.74, 6) is 6.98. The van der Waals surface area contributed by atoms with Crippen molar-refractivity contribution in [2.45, 2.75) is 19.8 Å². The van der Waals surface area contributed by atoms with Crippen LogP contribution >= 0.6 is 0 Å². The van der Waals surface area contributed by atoms with Gasteiger partial charge in [-0.05, 0) is 18.8 Å². The van der Waals surface area contributed by atoms with Gasteiger partial charge in [0.1, 0.15) is 0 Å². The fourth-order valence-electron chi connectivity index (χ4n) is 1.90. The number of aliphatic hydroxyl groups is 1. The van der Waals surface area contributed by atoms with Crippen molar-refractivity contribution in [1.82, 2.24) is 15.0 Å². The summed E-state index contributed by atoms with van der Waals surface area (Å²) in [4.78, 5) is 14.9. The zero-order valence-electron chi connectivity index (χ0n) is 11.1. The Morgan fingerprint density at radius 3 is 2.58 bits per heavy atom. The summed E-state index contributed by atoms with van der Waals surface area (Å²) >= 11 is 0. The number of nitrogens with one attached hydrogen (secondary N) is 2. The number of nitrogens with zero attached hydrogens (tertiary/aromatic N) is 4. The smallest absolute Gasteiger partial charge is 0.243 e. The zero-order valence-corrected chi connectivity index (χ0v) is 11.1. The lowest BCUT2D eigenvalue weighted by Gasteiger charge is -2.17. The Bertz CT molecular complexity index is 408. The van der Waals surface area contributed by atoms with Gasteiger partial charge >= 0.3 is 0 Å². The van der Waals surface area contributed by atoms with Crippen LogP contribution in [0.25, 0.3) is 0 Å². The minimum absolute atomic E-state index is 0.124. The summed E-state index contributed by atoms with van der Waals surface area (Å²) in [7, 11) is 0. The highest BCUT2D eigenvalue weighted by Gasteiger charge is 2.17. The monoisotopic (exact) mass is 267 g/mol. The fraction of sp³-hybridized carbons (Fsp3) is 0.727. The van der Waals surface area contributed by atoms with Crippen LogP contribution in [0.15, 0.2) is 0 Å². The molecule has 8 heteroatoms. The molecule has 0 saturated carbocycles. The quantitative estimate of drug-likeness (QED) is 0.414. The largest absolute Gasteiger partial charge is 0.396 e. The van der Waals surface area contributed by atoms with Gasteiger partial charge in [-0.2, -0.15) is 15.0 Å². The number of hydrazine groups is 1. The normalized spacial score (nSPS) is 16.5. The molecule has 2 heterocycles. The second kappa shape index (κ2) is 6.48. The molecule has 1 aromatic heterocycles. The average molecular weight is 267 g/mol. The first kappa shape index (κ1) is 13.8. The van der Waals surface area contributed by atoms with Crippen LogP contribution in [0, 0.1) is 5.92 Å². The summed E-state index contributed by atoms with van der Waals surface area (Å²) in [6.07, 6.45) is 2.31. The molecule has 0 bridgehead atoms. The topological polar surface area (TPSA) is 112 Å². The first-order valence-electron chi connectivity index (χ1n) is 6.55. The lowest BCUT2D eigenvalue weighted by atomic mass is 10.2. The van der Waals surface area contributed by atoms with E-state index in [-0.39, 0.29) is 12.5 Å². The van der Waals surface area contributed by atoms with Gasteiger partial charge in [0.05, 0.1) is 0 Å². The number of hydrogen-bond acceptors (Lipinski definition) is 8. The fourth-order valence-corrected chi connectivity index (χ4v) is 1.90. The summed E-state index contributed by atoms with van der Waals surface area (Å²) in [6.45, 7) is 4.59. The van der Waals surface area contributed by atoms with Gasteiger partial charge in [-0.15, -0.1) is 0 Å². The summed E-state index contributed by atoms with van der Waals surface area (Å²) in [6, 6.07) is 0. The molecule has 1 aliphatic rings. The van der Waals surface area contributed by atoms with Crippen molar-refractivity contribution in [3.8, 4) is 0 Å². The van der Waals surface area contributed by atoms with Crippen molar-refractivity contribution in [3.05, 3.63) is 0 Å². The third-order valence-electron chi connectivity index (χ3n) is 3.06. The van der Waals surface area contributed by atoms with E-state index in [0.29, 0.717) is 24.4 Å². The molecule has 1 aromatic rings. The van der Waals surface area contributed by atoms with Crippen LogP contribution in [0.1, 0.15) is 19.8 Å². The number of aliphatic hydroxyl groups excluding tert-OH is 1. The summed E-state index contributed by atoms with van der Waals surface area (Å²) in [5, 5.41) is 12.1. The van der Waals surface area contributed by atoms with E-state index >= 15 is 0 Å². The van der Waals surface area contributed by atoms with Crippen molar-refractivity contribution in [1.29, 1.82) is 0 Å². The highest BCUT2D eigenvalue weighted by Crippen LogP contribution is 2.18. The zero-order chi connectivity index (χ0) is 13.7. The molecule has 1 unspecified atom stereocenters. The van der Waals surface area contributed by atoms with Crippen molar-refractivity contribution in [2.75, 3.05) is 41.9 Å². The van der Waals surface area contributed by atoms with Gasteiger partial charge in [0, 0.05) is 26.2 Å². The summed E-state index contributed by atoms with van der Waals surface area (Å²) in [5.41, 5.74) is 2.45. The molecule has 0 radical (unpaired) electrons. The highest BCUT2D eigenvalue weighted by molar-refractivity contribution is 5.43. The molecule has 1 atom stereocenters. The predicted octanol–water partition coefficient (Wildman–Crippen LogP) is -0.202. The van der Waals surface area contributed by atoms with E-state index in [1.54, 1.807) is 0 Å². The van der Waals surface area contributed by atoms with Crippen LogP contribution < -0.4 is 21.5 Å². The van der Waals surface area contributed by atoms with Gasteiger partial charge in [0.2, 0.25) is 17.8 Å². The van der Waals surface area contributed by atoms with Crippen LogP contribution in [-0.2, 0) is 0 Å². The maximum atomic E-state index is 9.01. The standard InChI is InChI=1S/C11H21N7O/c1-8(7-19)6-13-9-14-10(17-12)16-11(15-9)18-4-2-3-5-18/h8,19H,2-7,12H2,1H3,(H2,13,14,15,16,17). The van der Waals surface area contributed by atoms with E-state index in [4.69, 9.17) is 10.9 Å². The lowest BCUT2D eigenvalue weighted by molar-refractivity contribution is 0.244. The maximum Gasteiger partial charge on any atom is 0.243 e. The number of nitrogen functional groups attached to an aromatic ring is 1. The number of hydrogen-bond donors (Lipinski definition) is 4.